The van der Waals surface area contributed by atoms with Crippen molar-refractivity contribution in [3.63, 3.8) is 0 Å². The number of carbonyl (C=O) groups excluding carboxylic acids is 3. The Morgan fingerprint density at radius 2 is 1.79 bits per heavy atom. The molecule has 4 N–H and O–H groups in total. The molecule has 2 aromatic carbocycles. The lowest BCUT2D eigenvalue weighted by Crippen LogP contribution is -2.40. The standard InChI is InChI=1S/C25H31N3O5/c1-25(2,3)33-24(32)17-6-8-18(9-7-17)27-23(31)21(26)14-16-4-10-19(11-5-16)28-13-12-20(29)15-22(28)30/h4-11,20-21,29H,12-15,26H2,1-3H3,(H,27,31). The van der Waals surface area contributed by atoms with Crippen molar-refractivity contribution < 1.29 is 24.2 Å². The van der Waals surface area contributed by atoms with Crippen LogP contribution >= 0.6 is 0 Å². The maximum absolute atomic E-state index is 12.5. The van der Waals surface area contributed by atoms with Gasteiger partial charge in [-0.25, -0.2) is 4.79 Å². The van der Waals surface area contributed by atoms with Gasteiger partial charge in [-0.15, -0.1) is 0 Å². The van der Waals surface area contributed by atoms with E-state index in [1.807, 2.05) is 24.3 Å². The molecule has 0 saturated carbocycles. The Morgan fingerprint density at radius 3 is 2.36 bits per heavy atom. The van der Waals surface area contributed by atoms with Crippen LogP contribution in [0.4, 0.5) is 11.4 Å². The van der Waals surface area contributed by atoms with Crippen LogP contribution in [0.5, 0.6) is 0 Å². The van der Waals surface area contributed by atoms with Gasteiger partial charge in [-0.05, 0) is 75.6 Å². The number of esters is 1. The van der Waals surface area contributed by atoms with Gasteiger partial charge in [0, 0.05) is 17.9 Å². The number of aliphatic hydroxyl groups excluding tert-OH is 1. The largest absolute Gasteiger partial charge is 0.456 e. The first-order valence-electron chi connectivity index (χ1n) is 11.0. The van der Waals surface area contributed by atoms with Crippen molar-refractivity contribution in [1.82, 2.24) is 0 Å². The van der Waals surface area contributed by atoms with E-state index < -0.39 is 23.7 Å². The quantitative estimate of drug-likeness (QED) is 0.578. The molecular weight excluding hydrogens is 422 g/mol. The van der Waals surface area contributed by atoms with Crippen LogP contribution in [0.2, 0.25) is 0 Å². The van der Waals surface area contributed by atoms with Crippen molar-refractivity contribution in [2.24, 2.45) is 5.73 Å². The van der Waals surface area contributed by atoms with E-state index in [2.05, 4.69) is 5.32 Å². The smallest absolute Gasteiger partial charge is 0.338 e. The molecule has 0 aliphatic carbocycles. The first-order valence-corrected chi connectivity index (χ1v) is 11.0. The average molecular weight is 454 g/mol. The van der Waals surface area contributed by atoms with E-state index in [0.717, 1.165) is 11.3 Å². The normalized spacial score (nSPS) is 17.4. The monoisotopic (exact) mass is 453 g/mol. The van der Waals surface area contributed by atoms with Crippen LogP contribution in [0, 0.1) is 0 Å². The molecule has 1 saturated heterocycles. The molecule has 8 heteroatoms. The van der Waals surface area contributed by atoms with E-state index in [0.29, 0.717) is 30.6 Å². The number of amides is 2. The number of nitrogens with zero attached hydrogens (tertiary/aromatic N) is 1. The first-order chi connectivity index (χ1) is 15.5. The van der Waals surface area contributed by atoms with Crippen molar-refractivity contribution >= 4 is 29.2 Å². The molecule has 1 heterocycles. The third-order valence-electron chi connectivity index (χ3n) is 5.22. The summed E-state index contributed by atoms with van der Waals surface area (Å²) in [5, 5.41) is 12.4. The summed E-state index contributed by atoms with van der Waals surface area (Å²) in [6.07, 6.45) is 0.440. The van der Waals surface area contributed by atoms with Gasteiger partial charge in [-0.1, -0.05) is 12.1 Å². The topological polar surface area (TPSA) is 122 Å². The van der Waals surface area contributed by atoms with Crippen LogP contribution in [0.3, 0.4) is 0 Å². The fraction of sp³-hybridized carbons (Fsp3) is 0.400. The summed E-state index contributed by atoms with van der Waals surface area (Å²) in [5.74, 6) is -0.873. The van der Waals surface area contributed by atoms with Gasteiger partial charge in [-0.3, -0.25) is 9.59 Å². The van der Waals surface area contributed by atoms with E-state index in [1.54, 1.807) is 49.9 Å². The predicted molar refractivity (Wildman–Crippen MR) is 126 cm³/mol. The summed E-state index contributed by atoms with van der Waals surface area (Å²) in [6, 6.07) is 13.0. The van der Waals surface area contributed by atoms with Crippen molar-refractivity contribution in [2.75, 3.05) is 16.8 Å². The molecule has 2 atom stereocenters. The minimum absolute atomic E-state index is 0.102. The maximum Gasteiger partial charge on any atom is 0.338 e. The van der Waals surface area contributed by atoms with Gasteiger partial charge in [0.15, 0.2) is 0 Å². The van der Waals surface area contributed by atoms with Crippen molar-refractivity contribution in [3.8, 4) is 0 Å². The molecule has 3 rings (SSSR count). The number of carbonyl (C=O) groups is 3. The molecule has 33 heavy (non-hydrogen) atoms. The molecule has 1 aliphatic heterocycles. The summed E-state index contributed by atoms with van der Waals surface area (Å²) < 4.78 is 5.33. The summed E-state index contributed by atoms with van der Waals surface area (Å²) in [4.78, 5) is 38.4. The molecule has 2 unspecified atom stereocenters. The van der Waals surface area contributed by atoms with Crippen LogP contribution in [0.15, 0.2) is 48.5 Å². The number of nitrogens with two attached hydrogens (primary N) is 1. The number of hydrogen-bond donors (Lipinski definition) is 3. The van der Waals surface area contributed by atoms with Crippen molar-refractivity contribution in [2.45, 2.75) is 57.8 Å². The second kappa shape index (κ2) is 10.1. The third kappa shape index (κ3) is 6.87. The lowest BCUT2D eigenvalue weighted by Gasteiger charge is -2.29. The van der Waals surface area contributed by atoms with E-state index in [9.17, 15) is 19.5 Å². The number of aliphatic hydroxyl groups is 1. The van der Waals surface area contributed by atoms with Crippen LogP contribution in [-0.2, 0) is 20.7 Å². The van der Waals surface area contributed by atoms with E-state index >= 15 is 0 Å². The Bertz CT molecular complexity index is 996. The van der Waals surface area contributed by atoms with Crippen molar-refractivity contribution in [1.29, 1.82) is 0 Å². The lowest BCUT2D eigenvalue weighted by molar-refractivity contribution is -0.122. The molecule has 0 radical (unpaired) electrons. The summed E-state index contributed by atoms with van der Waals surface area (Å²) in [7, 11) is 0. The average Bonchev–Trinajstić information content (AvgIpc) is 2.74. The Kier molecular flexibility index (Phi) is 7.50. The van der Waals surface area contributed by atoms with Gasteiger partial charge in [0.1, 0.15) is 5.60 Å². The van der Waals surface area contributed by atoms with Crippen LogP contribution in [0.25, 0.3) is 0 Å². The number of piperidine rings is 1. The van der Waals surface area contributed by atoms with Gasteiger partial charge in [-0.2, -0.15) is 0 Å². The van der Waals surface area contributed by atoms with Crippen LogP contribution < -0.4 is 16.0 Å². The zero-order valence-electron chi connectivity index (χ0n) is 19.2. The number of nitrogens with one attached hydrogen (secondary N) is 1. The third-order valence-corrected chi connectivity index (χ3v) is 5.22. The molecule has 176 valence electrons. The van der Waals surface area contributed by atoms with Gasteiger partial charge >= 0.3 is 5.97 Å². The highest BCUT2D eigenvalue weighted by Gasteiger charge is 2.25. The Hall–Kier alpha value is -3.23. The van der Waals surface area contributed by atoms with Crippen LogP contribution in [-0.4, -0.2) is 47.2 Å². The highest BCUT2D eigenvalue weighted by molar-refractivity contribution is 5.96. The fourth-order valence-corrected chi connectivity index (χ4v) is 3.51. The highest BCUT2D eigenvalue weighted by Crippen LogP contribution is 2.22. The zero-order valence-corrected chi connectivity index (χ0v) is 19.2. The zero-order chi connectivity index (χ0) is 24.2. The SMILES string of the molecule is CC(C)(C)OC(=O)c1ccc(NC(=O)C(N)Cc2ccc(N3CCC(O)CC3=O)cc2)cc1. The van der Waals surface area contributed by atoms with Gasteiger partial charge < -0.3 is 25.8 Å². The van der Waals surface area contributed by atoms with E-state index in [1.165, 1.54) is 0 Å². The number of rotatable bonds is 6. The molecule has 0 spiro atoms. The fourth-order valence-electron chi connectivity index (χ4n) is 3.51. The predicted octanol–water partition coefficient (Wildman–Crippen LogP) is 2.64. The molecule has 0 aromatic heterocycles. The van der Waals surface area contributed by atoms with E-state index in [-0.39, 0.29) is 18.2 Å². The minimum Gasteiger partial charge on any atom is -0.456 e. The number of hydrogen-bond acceptors (Lipinski definition) is 6. The van der Waals surface area contributed by atoms with Gasteiger partial charge in [0.2, 0.25) is 11.8 Å². The minimum atomic E-state index is -0.770. The Balaban J connectivity index is 1.54. The molecule has 1 aliphatic rings. The molecule has 0 bridgehead atoms. The summed E-state index contributed by atoms with van der Waals surface area (Å²) in [5.41, 5.74) is 8.06. The highest BCUT2D eigenvalue weighted by atomic mass is 16.6. The molecular formula is C25H31N3O5. The second-order valence-electron chi connectivity index (χ2n) is 9.24. The van der Waals surface area contributed by atoms with Gasteiger partial charge in [0.05, 0.1) is 24.1 Å². The molecule has 8 nitrogen and oxygen atoms in total. The summed E-state index contributed by atoms with van der Waals surface area (Å²) >= 11 is 0. The Morgan fingerprint density at radius 1 is 1.15 bits per heavy atom. The van der Waals surface area contributed by atoms with Gasteiger partial charge in [0.25, 0.3) is 0 Å². The Labute approximate surface area is 193 Å². The molecule has 2 amide bonds. The number of anilines is 2. The number of ether oxygens (including phenoxy) is 1. The number of benzene rings is 2. The van der Waals surface area contributed by atoms with Crippen molar-refractivity contribution in [3.05, 3.63) is 59.7 Å². The first kappa shape index (κ1) is 24.4. The second-order valence-corrected chi connectivity index (χ2v) is 9.24. The van der Waals surface area contributed by atoms with Crippen LogP contribution in [0.1, 0.15) is 49.5 Å². The lowest BCUT2D eigenvalue weighted by atomic mass is 10.0. The molecule has 1 fully saturated rings. The molecule has 2 aromatic rings. The summed E-state index contributed by atoms with van der Waals surface area (Å²) in [6.45, 7) is 5.88. The van der Waals surface area contributed by atoms with E-state index in [4.69, 9.17) is 10.5 Å². The maximum atomic E-state index is 12.5.